The van der Waals surface area contributed by atoms with E-state index in [9.17, 15) is 4.79 Å². The Hall–Kier alpha value is -1.31. The SMILES string of the molecule is CN=C(NCCC(=O)N1CCCC(C)C1)NCCc1cc(C)cc(C)c1.I. The van der Waals surface area contributed by atoms with E-state index >= 15 is 0 Å². The molecule has 1 saturated heterocycles. The Kier molecular flexibility index (Phi) is 10.7. The third kappa shape index (κ3) is 8.49. The van der Waals surface area contributed by atoms with Gasteiger partial charge in [0.15, 0.2) is 5.96 Å². The number of nitrogens with zero attached hydrogens (tertiary/aromatic N) is 2. The highest BCUT2D eigenvalue weighted by atomic mass is 127. The van der Waals surface area contributed by atoms with E-state index in [4.69, 9.17) is 0 Å². The van der Waals surface area contributed by atoms with Crippen LogP contribution in [-0.4, -0.2) is 50.0 Å². The maximum Gasteiger partial charge on any atom is 0.224 e. The molecule has 1 fully saturated rings. The molecule has 1 aromatic rings. The lowest BCUT2D eigenvalue weighted by atomic mass is 10.00. The van der Waals surface area contributed by atoms with Gasteiger partial charge in [-0.25, -0.2) is 0 Å². The van der Waals surface area contributed by atoms with Crippen LogP contribution in [0.2, 0.25) is 0 Å². The van der Waals surface area contributed by atoms with Crippen LogP contribution in [0.25, 0.3) is 0 Å². The van der Waals surface area contributed by atoms with Crippen LogP contribution in [0.5, 0.6) is 0 Å². The maximum absolute atomic E-state index is 12.3. The molecule has 0 saturated carbocycles. The Morgan fingerprint density at radius 3 is 2.48 bits per heavy atom. The number of aryl methyl sites for hydroxylation is 2. The second kappa shape index (κ2) is 12.2. The molecule has 1 amide bonds. The Morgan fingerprint density at radius 1 is 1.19 bits per heavy atom. The van der Waals surface area contributed by atoms with Crippen molar-refractivity contribution in [3.05, 3.63) is 34.9 Å². The van der Waals surface area contributed by atoms with Crippen molar-refractivity contribution in [2.45, 2.75) is 46.5 Å². The fraction of sp³-hybridized carbons (Fsp3) is 0.619. The molecule has 0 aliphatic carbocycles. The summed E-state index contributed by atoms with van der Waals surface area (Å²) < 4.78 is 0. The number of hydrogen-bond acceptors (Lipinski definition) is 2. The molecule has 0 radical (unpaired) electrons. The van der Waals surface area contributed by atoms with Gasteiger partial charge in [0.2, 0.25) is 5.91 Å². The standard InChI is InChI=1S/C21H34N4O.HI/c1-16-6-5-11-25(15-16)20(26)8-10-24-21(22-4)23-9-7-19-13-17(2)12-18(3)14-19;/h12-14,16H,5-11,15H2,1-4H3,(H2,22,23,24);1H. The van der Waals surface area contributed by atoms with Gasteiger partial charge in [-0.15, -0.1) is 24.0 Å². The van der Waals surface area contributed by atoms with Gasteiger partial charge in [-0.05, 0) is 44.6 Å². The van der Waals surface area contributed by atoms with Gasteiger partial charge in [-0.2, -0.15) is 0 Å². The van der Waals surface area contributed by atoms with E-state index in [0.29, 0.717) is 18.9 Å². The molecule has 152 valence electrons. The highest BCUT2D eigenvalue weighted by molar-refractivity contribution is 14.0. The summed E-state index contributed by atoms with van der Waals surface area (Å²) >= 11 is 0. The van der Waals surface area contributed by atoms with Gasteiger partial charge in [0, 0.05) is 39.6 Å². The van der Waals surface area contributed by atoms with Gasteiger partial charge in [-0.1, -0.05) is 36.2 Å². The van der Waals surface area contributed by atoms with E-state index in [1.54, 1.807) is 7.05 Å². The number of aliphatic imine (C=N–C) groups is 1. The fourth-order valence-electron chi connectivity index (χ4n) is 3.62. The van der Waals surface area contributed by atoms with Crippen LogP contribution in [0.15, 0.2) is 23.2 Å². The molecule has 6 heteroatoms. The second-order valence-electron chi connectivity index (χ2n) is 7.51. The van der Waals surface area contributed by atoms with Crippen molar-refractivity contribution in [3.8, 4) is 0 Å². The Balaban J connectivity index is 0.00000364. The van der Waals surface area contributed by atoms with Crippen molar-refractivity contribution in [1.29, 1.82) is 0 Å². The summed E-state index contributed by atoms with van der Waals surface area (Å²) in [6, 6.07) is 6.64. The molecule has 0 bridgehead atoms. The molecule has 2 rings (SSSR count). The van der Waals surface area contributed by atoms with Crippen LogP contribution in [0.3, 0.4) is 0 Å². The average Bonchev–Trinajstić information content (AvgIpc) is 2.59. The summed E-state index contributed by atoms with van der Waals surface area (Å²) in [4.78, 5) is 18.6. The van der Waals surface area contributed by atoms with Crippen LogP contribution >= 0.6 is 24.0 Å². The number of piperidine rings is 1. The minimum Gasteiger partial charge on any atom is -0.356 e. The molecule has 1 heterocycles. The van der Waals surface area contributed by atoms with E-state index in [2.05, 4.69) is 54.6 Å². The van der Waals surface area contributed by atoms with Crippen molar-refractivity contribution in [1.82, 2.24) is 15.5 Å². The second-order valence-corrected chi connectivity index (χ2v) is 7.51. The molecule has 1 aliphatic heterocycles. The first kappa shape index (κ1) is 23.7. The number of likely N-dealkylation sites (tertiary alicyclic amines) is 1. The topological polar surface area (TPSA) is 56.7 Å². The van der Waals surface area contributed by atoms with E-state index in [-0.39, 0.29) is 29.9 Å². The molecular formula is C21H35IN4O. The zero-order valence-electron chi connectivity index (χ0n) is 17.2. The van der Waals surface area contributed by atoms with Crippen LogP contribution in [0.1, 0.15) is 42.9 Å². The molecule has 1 atom stereocenters. The van der Waals surface area contributed by atoms with Crippen LogP contribution in [0, 0.1) is 19.8 Å². The predicted octanol–water partition coefficient (Wildman–Crippen LogP) is 3.28. The molecule has 0 spiro atoms. The molecule has 1 unspecified atom stereocenters. The van der Waals surface area contributed by atoms with Gasteiger partial charge in [0.25, 0.3) is 0 Å². The first-order valence-electron chi connectivity index (χ1n) is 9.77. The molecule has 1 aromatic carbocycles. The lowest BCUT2D eigenvalue weighted by molar-refractivity contribution is -0.132. The summed E-state index contributed by atoms with van der Waals surface area (Å²) in [6.07, 6.45) is 3.83. The Bertz CT molecular complexity index is 612. The van der Waals surface area contributed by atoms with E-state index in [1.807, 2.05) is 4.90 Å². The number of rotatable bonds is 6. The largest absolute Gasteiger partial charge is 0.356 e. The van der Waals surface area contributed by atoms with Crippen molar-refractivity contribution < 1.29 is 4.79 Å². The third-order valence-electron chi connectivity index (χ3n) is 4.85. The van der Waals surface area contributed by atoms with Crippen LogP contribution < -0.4 is 10.6 Å². The summed E-state index contributed by atoms with van der Waals surface area (Å²) in [6.45, 7) is 9.73. The van der Waals surface area contributed by atoms with E-state index in [1.165, 1.54) is 23.1 Å². The lowest BCUT2D eigenvalue weighted by Crippen LogP contribution is -2.42. The number of carbonyl (C=O) groups is 1. The zero-order chi connectivity index (χ0) is 18.9. The first-order valence-corrected chi connectivity index (χ1v) is 9.77. The van der Waals surface area contributed by atoms with Gasteiger partial charge in [0.05, 0.1) is 0 Å². The quantitative estimate of drug-likeness (QED) is 0.369. The summed E-state index contributed by atoms with van der Waals surface area (Å²) in [7, 11) is 1.76. The van der Waals surface area contributed by atoms with Crippen molar-refractivity contribution >= 4 is 35.8 Å². The molecule has 27 heavy (non-hydrogen) atoms. The Labute approximate surface area is 181 Å². The van der Waals surface area contributed by atoms with Gasteiger partial charge in [0.1, 0.15) is 0 Å². The normalized spacial score (nSPS) is 17.3. The summed E-state index contributed by atoms with van der Waals surface area (Å²) in [5.41, 5.74) is 3.93. The van der Waals surface area contributed by atoms with Gasteiger partial charge in [-0.3, -0.25) is 9.79 Å². The van der Waals surface area contributed by atoms with Gasteiger partial charge >= 0.3 is 0 Å². The molecular weight excluding hydrogens is 451 g/mol. The van der Waals surface area contributed by atoms with Crippen molar-refractivity contribution in [3.63, 3.8) is 0 Å². The molecule has 1 aliphatic rings. The van der Waals surface area contributed by atoms with E-state index in [0.717, 1.165) is 38.4 Å². The minimum absolute atomic E-state index is 0. The fourth-order valence-corrected chi connectivity index (χ4v) is 3.62. The van der Waals surface area contributed by atoms with Crippen molar-refractivity contribution in [2.75, 3.05) is 33.2 Å². The number of benzene rings is 1. The summed E-state index contributed by atoms with van der Waals surface area (Å²) in [5.74, 6) is 1.63. The maximum atomic E-state index is 12.3. The number of amides is 1. The van der Waals surface area contributed by atoms with Crippen LogP contribution in [-0.2, 0) is 11.2 Å². The smallest absolute Gasteiger partial charge is 0.224 e. The number of guanidine groups is 1. The molecule has 5 nitrogen and oxygen atoms in total. The van der Waals surface area contributed by atoms with Crippen LogP contribution in [0.4, 0.5) is 0 Å². The zero-order valence-corrected chi connectivity index (χ0v) is 19.5. The average molecular weight is 486 g/mol. The Morgan fingerprint density at radius 2 is 1.85 bits per heavy atom. The highest BCUT2D eigenvalue weighted by Crippen LogP contribution is 2.15. The first-order chi connectivity index (χ1) is 12.5. The monoisotopic (exact) mass is 486 g/mol. The number of carbonyl (C=O) groups excluding carboxylic acids is 1. The highest BCUT2D eigenvalue weighted by Gasteiger charge is 2.20. The number of halogens is 1. The molecule has 2 N–H and O–H groups in total. The summed E-state index contributed by atoms with van der Waals surface area (Å²) in [5, 5.41) is 6.58. The lowest BCUT2D eigenvalue weighted by Gasteiger charge is -2.31. The predicted molar refractivity (Wildman–Crippen MR) is 124 cm³/mol. The minimum atomic E-state index is 0. The third-order valence-corrected chi connectivity index (χ3v) is 4.85. The van der Waals surface area contributed by atoms with Gasteiger partial charge < -0.3 is 15.5 Å². The number of nitrogens with one attached hydrogen (secondary N) is 2. The number of hydrogen-bond donors (Lipinski definition) is 2. The molecule has 0 aromatic heterocycles. The van der Waals surface area contributed by atoms with Crippen molar-refractivity contribution in [2.24, 2.45) is 10.9 Å². The van der Waals surface area contributed by atoms with E-state index < -0.39 is 0 Å².